The summed E-state index contributed by atoms with van der Waals surface area (Å²) >= 11 is 0. The first-order valence-electron chi connectivity index (χ1n) is 11.4. The van der Waals surface area contributed by atoms with Gasteiger partial charge in [0.05, 0.1) is 30.8 Å². The molecule has 5 rings (SSSR count). The number of hydrogen-bond donors (Lipinski definition) is 1. The van der Waals surface area contributed by atoms with Gasteiger partial charge in [0.25, 0.3) is 10.0 Å². The first-order chi connectivity index (χ1) is 17.8. The Morgan fingerprint density at radius 3 is 2.51 bits per heavy atom. The highest BCUT2D eigenvalue weighted by Gasteiger charge is 2.47. The Hall–Kier alpha value is -4.55. The van der Waals surface area contributed by atoms with Crippen molar-refractivity contribution in [1.29, 1.82) is 5.26 Å². The first kappa shape index (κ1) is 24.2. The monoisotopic (exact) mass is 513 g/mol. The molecule has 0 bridgehead atoms. The van der Waals surface area contributed by atoms with E-state index in [4.69, 9.17) is 15.2 Å². The third-order valence-electron chi connectivity index (χ3n) is 6.43. The van der Waals surface area contributed by atoms with Crippen molar-refractivity contribution in [3.8, 4) is 6.07 Å². The second kappa shape index (κ2) is 9.15. The molecule has 0 saturated heterocycles. The molecule has 0 spiro atoms. The van der Waals surface area contributed by atoms with Crippen LogP contribution in [0.25, 0.3) is 5.76 Å². The van der Waals surface area contributed by atoms with Crippen LogP contribution in [0.15, 0.2) is 89.2 Å². The molecule has 2 heterocycles. The van der Waals surface area contributed by atoms with E-state index in [2.05, 4.69) is 0 Å². The number of aryl methyl sites for hydroxylation is 1. The number of fused-ring (bicyclic) bond motifs is 2. The van der Waals surface area contributed by atoms with Gasteiger partial charge < -0.3 is 15.2 Å². The molecule has 3 aromatic rings. The van der Waals surface area contributed by atoms with Crippen LogP contribution in [0.2, 0.25) is 0 Å². The summed E-state index contributed by atoms with van der Waals surface area (Å²) in [6, 6.07) is 22.9. The summed E-state index contributed by atoms with van der Waals surface area (Å²) in [4.78, 5) is 11.9. The molecule has 2 aliphatic rings. The van der Waals surface area contributed by atoms with Crippen molar-refractivity contribution in [2.75, 3.05) is 11.4 Å². The molecule has 1 atom stereocenters. The van der Waals surface area contributed by atoms with E-state index >= 15 is 0 Å². The number of para-hydroxylation sites is 1. The lowest BCUT2D eigenvalue weighted by Crippen LogP contribution is -2.39. The van der Waals surface area contributed by atoms with Crippen LogP contribution >= 0.6 is 0 Å². The molecule has 37 heavy (non-hydrogen) atoms. The SMILES string of the molecule is COC(=O)c1ccc(C2C(C#N)=C(N)OC3=C2S(=O)(=O)N(Cc2cccc(C)c2)c2ccccc23)cc1. The van der Waals surface area contributed by atoms with E-state index in [0.717, 1.165) is 11.1 Å². The van der Waals surface area contributed by atoms with Crippen molar-refractivity contribution in [3.63, 3.8) is 0 Å². The summed E-state index contributed by atoms with van der Waals surface area (Å²) in [5, 5.41) is 9.99. The quantitative estimate of drug-likeness (QED) is 0.516. The lowest BCUT2D eigenvalue weighted by Gasteiger charge is -2.38. The Kier molecular flexibility index (Phi) is 5.97. The summed E-state index contributed by atoms with van der Waals surface area (Å²) in [7, 11) is -2.91. The lowest BCUT2D eigenvalue weighted by atomic mass is 9.88. The third kappa shape index (κ3) is 4.01. The Balaban J connectivity index is 1.72. The highest BCUT2D eigenvalue weighted by molar-refractivity contribution is 7.96. The number of nitrogens with two attached hydrogens (primary N) is 1. The van der Waals surface area contributed by atoms with Crippen molar-refractivity contribution in [2.45, 2.75) is 19.4 Å². The number of anilines is 1. The van der Waals surface area contributed by atoms with Gasteiger partial charge >= 0.3 is 5.97 Å². The van der Waals surface area contributed by atoms with Crippen molar-refractivity contribution < 1.29 is 22.7 Å². The summed E-state index contributed by atoms with van der Waals surface area (Å²) in [5.41, 5.74) is 9.73. The molecule has 2 aliphatic heterocycles. The number of carbonyl (C=O) groups is 1. The standard InChI is InChI=1S/C28H23N3O5S/c1-17-6-5-7-18(14-17)16-31-23-9-4-3-8-21(23)25-26(37(31,33)34)24(22(15-29)27(30)36-25)19-10-12-20(13-11-19)28(32)35-2/h3-14,24H,16,30H2,1-2H3. The van der Waals surface area contributed by atoms with Gasteiger partial charge in [-0.15, -0.1) is 0 Å². The number of benzene rings is 3. The Morgan fingerprint density at radius 1 is 1.11 bits per heavy atom. The van der Waals surface area contributed by atoms with E-state index in [1.54, 1.807) is 36.4 Å². The number of hydrogen-bond acceptors (Lipinski definition) is 7. The number of methoxy groups -OCH3 is 1. The fourth-order valence-electron chi connectivity index (χ4n) is 4.72. The van der Waals surface area contributed by atoms with Gasteiger partial charge in [0.15, 0.2) is 5.76 Å². The van der Waals surface area contributed by atoms with Gasteiger partial charge in [0, 0.05) is 5.56 Å². The molecule has 0 amide bonds. The van der Waals surface area contributed by atoms with Crippen LogP contribution in [0, 0.1) is 18.3 Å². The largest absolute Gasteiger partial charge is 0.465 e. The van der Waals surface area contributed by atoms with Gasteiger partial charge in [-0.3, -0.25) is 4.31 Å². The molecule has 186 valence electrons. The van der Waals surface area contributed by atoms with Gasteiger partial charge in [-0.2, -0.15) is 5.26 Å². The van der Waals surface area contributed by atoms with E-state index in [-0.39, 0.29) is 28.7 Å². The van der Waals surface area contributed by atoms with Crippen LogP contribution in [0.3, 0.4) is 0 Å². The summed E-state index contributed by atoms with van der Waals surface area (Å²) in [6.07, 6.45) is 0. The number of rotatable bonds is 4. The molecule has 0 fully saturated rings. The first-order valence-corrected chi connectivity index (χ1v) is 12.9. The van der Waals surface area contributed by atoms with Crippen molar-refractivity contribution in [3.05, 3.63) is 117 Å². The second-order valence-corrected chi connectivity index (χ2v) is 10.6. The topological polar surface area (TPSA) is 123 Å². The molecule has 0 aliphatic carbocycles. The van der Waals surface area contributed by atoms with E-state index in [0.29, 0.717) is 22.4 Å². The predicted molar refractivity (Wildman–Crippen MR) is 138 cm³/mol. The number of nitriles is 1. The number of nitrogens with zero attached hydrogens (tertiary/aromatic N) is 2. The maximum Gasteiger partial charge on any atom is 0.337 e. The van der Waals surface area contributed by atoms with Crippen LogP contribution in [-0.4, -0.2) is 21.5 Å². The average molecular weight is 514 g/mol. The van der Waals surface area contributed by atoms with Crippen LogP contribution in [0.4, 0.5) is 5.69 Å². The third-order valence-corrected chi connectivity index (χ3v) is 8.31. The maximum atomic E-state index is 14.3. The minimum atomic E-state index is -4.19. The molecular weight excluding hydrogens is 490 g/mol. The second-order valence-electron chi connectivity index (χ2n) is 8.75. The van der Waals surface area contributed by atoms with Crippen molar-refractivity contribution >= 4 is 27.4 Å². The summed E-state index contributed by atoms with van der Waals surface area (Å²) in [6.45, 7) is 2.03. The Labute approximate surface area is 214 Å². The smallest absolute Gasteiger partial charge is 0.337 e. The molecular formula is C28H23N3O5S. The predicted octanol–water partition coefficient (Wildman–Crippen LogP) is 4.31. The van der Waals surface area contributed by atoms with Crippen molar-refractivity contribution in [1.82, 2.24) is 0 Å². The normalized spacial score (nSPS) is 17.9. The lowest BCUT2D eigenvalue weighted by molar-refractivity contribution is 0.0600. The molecule has 0 saturated carbocycles. The van der Waals surface area contributed by atoms with Gasteiger partial charge in [-0.25, -0.2) is 13.2 Å². The van der Waals surface area contributed by atoms with Gasteiger partial charge in [0.1, 0.15) is 16.5 Å². The van der Waals surface area contributed by atoms with E-state index < -0.39 is 21.9 Å². The van der Waals surface area contributed by atoms with E-state index in [9.17, 15) is 18.5 Å². The highest BCUT2D eigenvalue weighted by Crippen LogP contribution is 2.51. The molecule has 0 aromatic heterocycles. The fourth-order valence-corrected chi connectivity index (χ4v) is 6.63. The molecule has 8 nitrogen and oxygen atoms in total. The number of carbonyl (C=O) groups excluding carboxylic acids is 1. The molecule has 1 unspecified atom stereocenters. The van der Waals surface area contributed by atoms with Crippen LogP contribution in [-0.2, 0) is 26.0 Å². The highest BCUT2D eigenvalue weighted by atomic mass is 32.2. The Morgan fingerprint density at radius 2 is 1.84 bits per heavy atom. The maximum absolute atomic E-state index is 14.3. The zero-order valence-electron chi connectivity index (χ0n) is 20.1. The minimum absolute atomic E-state index is 0.0250. The fraction of sp³-hybridized carbons (Fsp3) is 0.143. The number of allylic oxidation sites excluding steroid dienone is 2. The van der Waals surface area contributed by atoms with E-state index in [1.165, 1.54) is 23.5 Å². The van der Waals surface area contributed by atoms with Crippen LogP contribution in [0.1, 0.15) is 38.5 Å². The van der Waals surface area contributed by atoms with E-state index in [1.807, 2.05) is 37.3 Å². The van der Waals surface area contributed by atoms with Crippen molar-refractivity contribution in [2.24, 2.45) is 5.73 Å². The molecule has 3 aromatic carbocycles. The van der Waals surface area contributed by atoms with Gasteiger partial charge in [-0.05, 0) is 42.3 Å². The number of esters is 1. The number of sulfonamides is 1. The summed E-state index contributed by atoms with van der Waals surface area (Å²) in [5.74, 6) is -1.63. The van der Waals surface area contributed by atoms with Crippen LogP contribution in [0.5, 0.6) is 0 Å². The number of ether oxygens (including phenoxy) is 2. The zero-order valence-corrected chi connectivity index (χ0v) is 21.0. The average Bonchev–Trinajstić information content (AvgIpc) is 2.90. The minimum Gasteiger partial charge on any atom is -0.465 e. The molecule has 2 N–H and O–H groups in total. The summed E-state index contributed by atoms with van der Waals surface area (Å²) < 4.78 is 40.6. The van der Waals surface area contributed by atoms with Crippen LogP contribution < -0.4 is 10.0 Å². The molecule has 0 radical (unpaired) electrons. The zero-order chi connectivity index (χ0) is 26.3. The van der Waals surface area contributed by atoms with Gasteiger partial charge in [0.2, 0.25) is 5.88 Å². The van der Waals surface area contributed by atoms with Gasteiger partial charge in [-0.1, -0.05) is 54.1 Å². The molecule has 9 heteroatoms. The Bertz CT molecular complexity index is 1630.